The first-order valence-corrected chi connectivity index (χ1v) is 12.3. The van der Waals surface area contributed by atoms with Gasteiger partial charge in [0.05, 0.1) is 20.1 Å². The van der Waals surface area contributed by atoms with E-state index in [9.17, 15) is 9.59 Å². The number of hydrogen-bond donors (Lipinski definition) is 2. The molecule has 0 spiro atoms. The summed E-state index contributed by atoms with van der Waals surface area (Å²) in [6, 6.07) is 7.89. The summed E-state index contributed by atoms with van der Waals surface area (Å²) in [7, 11) is 1.39. The van der Waals surface area contributed by atoms with Gasteiger partial charge in [-0.1, -0.05) is 42.9 Å². The maximum Gasteiger partial charge on any atom is 0.305 e. The number of aryl methyl sites for hydroxylation is 1. The molecule has 2 unspecified atom stereocenters. The number of methoxy groups -OCH3 is 1. The second-order valence-corrected chi connectivity index (χ2v) is 9.03. The third kappa shape index (κ3) is 10.4. The summed E-state index contributed by atoms with van der Waals surface area (Å²) in [6.07, 6.45) is 13.7. The van der Waals surface area contributed by atoms with Gasteiger partial charge in [-0.25, -0.2) is 0 Å². The molecule has 6 heteroatoms. The molecule has 34 heavy (non-hydrogen) atoms. The number of hydrogen-bond acceptors (Lipinski definition) is 5. The highest BCUT2D eigenvalue weighted by atomic mass is 16.5. The van der Waals surface area contributed by atoms with Crippen LogP contribution in [0.5, 0.6) is 5.75 Å². The molecule has 1 aliphatic rings. The van der Waals surface area contributed by atoms with E-state index in [2.05, 4.69) is 25.2 Å². The molecule has 186 valence electrons. The molecule has 0 fully saturated rings. The molecule has 0 bridgehead atoms. The largest absolute Gasteiger partial charge is 0.494 e. The van der Waals surface area contributed by atoms with Crippen LogP contribution in [0.15, 0.2) is 48.1 Å². The highest BCUT2D eigenvalue weighted by molar-refractivity contribution is 5.87. The lowest BCUT2D eigenvalue weighted by Crippen LogP contribution is -2.17. The number of allylic oxidation sites excluding steroid dienone is 4. The molecule has 0 aliphatic heterocycles. The van der Waals surface area contributed by atoms with Gasteiger partial charge in [0.2, 0.25) is 0 Å². The van der Waals surface area contributed by atoms with E-state index in [-0.39, 0.29) is 24.7 Å². The number of nitrogens with one attached hydrogen (secondary N) is 1. The summed E-state index contributed by atoms with van der Waals surface area (Å²) in [5.74, 6) is 0.391. The standard InChI is InChI=1S/C28H39NO5/c1-21-7-3-4-8-23(21)9-5-10-24(26(29)18-19-28(32)33-2)15-12-22-13-16-25(17-14-22)34-20-6-11-27(30)31/h3-4,8,13-14,16-17,21,24,29H,5-7,9-12,15,18-20H2,1-2H3,(H,30,31). The fourth-order valence-electron chi connectivity index (χ4n) is 4.21. The van der Waals surface area contributed by atoms with Crippen molar-refractivity contribution >= 4 is 17.7 Å². The minimum Gasteiger partial charge on any atom is -0.494 e. The number of ether oxygens (including phenoxy) is 2. The van der Waals surface area contributed by atoms with E-state index in [4.69, 9.17) is 20.0 Å². The van der Waals surface area contributed by atoms with Crippen molar-refractivity contribution in [2.45, 2.75) is 71.1 Å². The summed E-state index contributed by atoms with van der Waals surface area (Å²) in [5.41, 5.74) is 3.30. The molecule has 0 amide bonds. The summed E-state index contributed by atoms with van der Waals surface area (Å²) < 4.78 is 10.4. The molecule has 0 saturated heterocycles. The first-order chi connectivity index (χ1) is 16.4. The van der Waals surface area contributed by atoms with Crippen LogP contribution < -0.4 is 4.74 Å². The zero-order valence-electron chi connectivity index (χ0n) is 20.6. The van der Waals surface area contributed by atoms with Crippen molar-refractivity contribution in [1.29, 1.82) is 5.41 Å². The second-order valence-electron chi connectivity index (χ2n) is 9.03. The number of carboxylic acid groups (broad SMARTS) is 1. The Morgan fingerprint density at radius 2 is 1.85 bits per heavy atom. The van der Waals surface area contributed by atoms with Crippen molar-refractivity contribution in [3.05, 3.63) is 53.6 Å². The number of rotatable bonds is 16. The van der Waals surface area contributed by atoms with Gasteiger partial charge < -0.3 is 20.0 Å². The zero-order valence-corrected chi connectivity index (χ0v) is 20.6. The minimum absolute atomic E-state index is 0.105. The molecule has 0 saturated carbocycles. The Balaban J connectivity index is 1.87. The highest BCUT2D eigenvalue weighted by Crippen LogP contribution is 2.27. The summed E-state index contributed by atoms with van der Waals surface area (Å²) >= 11 is 0. The van der Waals surface area contributed by atoms with Crippen molar-refractivity contribution in [3.8, 4) is 5.75 Å². The second kappa shape index (κ2) is 15.1. The van der Waals surface area contributed by atoms with Gasteiger partial charge in [-0.05, 0) is 80.9 Å². The van der Waals surface area contributed by atoms with E-state index < -0.39 is 5.97 Å². The van der Waals surface area contributed by atoms with E-state index in [1.165, 1.54) is 18.2 Å². The molecule has 0 heterocycles. The van der Waals surface area contributed by atoms with Gasteiger partial charge in [-0.15, -0.1) is 0 Å². The molecule has 2 rings (SSSR count). The molecule has 2 N–H and O–H groups in total. The summed E-state index contributed by atoms with van der Waals surface area (Å²) in [6.45, 7) is 2.65. The van der Waals surface area contributed by atoms with Crippen LogP contribution in [0.4, 0.5) is 0 Å². The Hall–Kier alpha value is -2.89. The fourth-order valence-corrected chi connectivity index (χ4v) is 4.21. The van der Waals surface area contributed by atoms with Crippen LogP contribution in [0.25, 0.3) is 0 Å². The average molecular weight is 470 g/mol. The number of esters is 1. The molecule has 6 nitrogen and oxygen atoms in total. The van der Waals surface area contributed by atoms with E-state index >= 15 is 0 Å². The Morgan fingerprint density at radius 1 is 1.09 bits per heavy atom. The van der Waals surface area contributed by atoms with Gasteiger partial charge in [0.25, 0.3) is 0 Å². The topological polar surface area (TPSA) is 96.7 Å². The van der Waals surface area contributed by atoms with Gasteiger partial charge in [-0.3, -0.25) is 9.59 Å². The number of aliphatic carboxylic acids is 1. The van der Waals surface area contributed by atoms with Gasteiger partial charge in [0.1, 0.15) is 5.75 Å². The maximum absolute atomic E-state index is 11.6. The molecule has 1 aromatic rings. The zero-order chi connectivity index (χ0) is 24.8. The monoisotopic (exact) mass is 469 g/mol. The number of benzene rings is 1. The molecule has 0 radical (unpaired) electrons. The Bertz CT molecular complexity index is 856. The normalized spacial score (nSPS) is 15.9. The first kappa shape index (κ1) is 27.4. The summed E-state index contributed by atoms with van der Waals surface area (Å²) in [4.78, 5) is 22.1. The van der Waals surface area contributed by atoms with Gasteiger partial charge in [0.15, 0.2) is 0 Å². The summed E-state index contributed by atoms with van der Waals surface area (Å²) in [5, 5.41) is 17.3. The van der Waals surface area contributed by atoms with Crippen molar-refractivity contribution in [2.75, 3.05) is 13.7 Å². The van der Waals surface area contributed by atoms with Crippen molar-refractivity contribution < 1.29 is 24.2 Å². The van der Waals surface area contributed by atoms with E-state index in [0.717, 1.165) is 44.3 Å². The van der Waals surface area contributed by atoms with Gasteiger partial charge in [0, 0.05) is 12.1 Å². The average Bonchev–Trinajstić information content (AvgIpc) is 2.83. The van der Waals surface area contributed by atoms with Crippen LogP contribution in [0.3, 0.4) is 0 Å². The highest BCUT2D eigenvalue weighted by Gasteiger charge is 2.18. The van der Waals surface area contributed by atoms with Gasteiger partial charge in [-0.2, -0.15) is 0 Å². The van der Waals surface area contributed by atoms with Crippen LogP contribution in [-0.4, -0.2) is 36.5 Å². The lowest BCUT2D eigenvalue weighted by Gasteiger charge is -2.21. The lowest BCUT2D eigenvalue weighted by molar-refractivity contribution is -0.140. The molecular weight excluding hydrogens is 430 g/mol. The maximum atomic E-state index is 11.6. The Kier molecular flexibility index (Phi) is 12.1. The third-order valence-corrected chi connectivity index (χ3v) is 6.41. The van der Waals surface area contributed by atoms with E-state index in [0.29, 0.717) is 31.1 Å². The molecule has 1 aromatic carbocycles. The van der Waals surface area contributed by atoms with Crippen molar-refractivity contribution in [3.63, 3.8) is 0 Å². The quantitative estimate of drug-likeness (QED) is 0.172. The predicted molar refractivity (Wildman–Crippen MR) is 134 cm³/mol. The molecular formula is C28H39NO5. The van der Waals surface area contributed by atoms with E-state index in [1.807, 2.05) is 24.3 Å². The van der Waals surface area contributed by atoms with E-state index in [1.54, 1.807) is 0 Å². The molecule has 0 aromatic heterocycles. The van der Waals surface area contributed by atoms with Crippen LogP contribution in [0.1, 0.15) is 70.3 Å². The Labute approximate surface area is 203 Å². The number of carbonyl (C=O) groups is 2. The van der Waals surface area contributed by atoms with Crippen LogP contribution in [0.2, 0.25) is 0 Å². The van der Waals surface area contributed by atoms with Crippen LogP contribution in [0, 0.1) is 17.2 Å². The smallest absolute Gasteiger partial charge is 0.305 e. The molecule has 1 aliphatic carbocycles. The third-order valence-electron chi connectivity index (χ3n) is 6.41. The SMILES string of the molecule is COC(=O)CCC(=N)C(CCCC1=CC=CCC1C)CCc1ccc(OCCCC(=O)O)cc1. The lowest BCUT2D eigenvalue weighted by atomic mass is 9.85. The number of carboxylic acids is 1. The number of carbonyl (C=O) groups excluding carboxylic acids is 1. The Morgan fingerprint density at radius 3 is 2.53 bits per heavy atom. The van der Waals surface area contributed by atoms with Crippen molar-refractivity contribution in [1.82, 2.24) is 0 Å². The first-order valence-electron chi connectivity index (χ1n) is 12.3. The minimum atomic E-state index is -0.813. The van der Waals surface area contributed by atoms with Crippen LogP contribution >= 0.6 is 0 Å². The van der Waals surface area contributed by atoms with Crippen molar-refractivity contribution in [2.24, 2.45) is 11.8 Å². The molecule has 2 atom stereocenters. The van der Waals surface area contributed by atoms with Gasteiger partial charge >= 0.3 is 11.9 Å². The fraction of sp³-hybridized carbons (Fsp3) is 0.536. The predicted octanol–water partition coefficient (Wildman–Crippen LogP) is 6.14. The van der Waals surface area contributed by atoms with Crippen LogP contribution in [-0.2, 0) is 20.7 Å².